The van der Waals surface area contributed by atoms with E-state index in [4.69, 9.17) is 12.2 Å². The minimum absolute atomic E-state index is 0.153. The summed E-state index contributed by atoms with van der Waals surface area (Å²) in [4.78, 5) is 13.9. The number of rotatable bonds is 3. The van der Waals surface area contributed by atoms with Crippen molar-refractivity contribution < 1.29 is 4.79 Å². The van der Waals surface area contributed by atoms with E-state index in [0.717, 1.165) is 32.5 Å². The molecule has 92 valence electrons. The maximum atomic E-state index is 12.0. The minimum Gasteiger partial charge on any atom is -0.363 e. The molecule has 0 saturated carbocycles. The van der Waals surface area contributed by atoms with Gasteiger partial charge in [-0.3, -0.25) is 4.79 Å². The van der Waals surface area contributed by atoms with Crippen molar-refractivity contribution in [2.75, 3.05) is 19.6 Å². The van der Waals surface area contributed by atoms with Gasteiger partial charge in [0.2, 0.25) is 5.91 Å². The average molecular weight is 243 g/mol. The molecule has 1 aliphatic heterocycles. The molecule has 1 fully saturated rings. The van der Waals surface area contributed by atoms with Crippen molar-refractivity contribution in [1.82, 2.24) is 15.5 Å². The summed E-state index contributed by atoms with van der Waals surface area (Å²) >= 11 is 5.06. The Morgan fingerprint density at radius 1 is 1.38 bits per heavy atom. The third-order valence-electron chi connectivity index (χ3n) is 2.72. The van der Waals surface area contributed by atoms with Gasteiger partial charge in [0.15, 0.2) is 5.11 Å². The highest BCUT2D eigenvalue weighted by molar-refractivity contribution is 7.80. The first-order chi connectivity index (χ1) is 7.65. The molecule has 1 saturated heterocycles. The van der Waals surface area contributed by atoms with Crippen LogP contribution in [0.5, 0.6) is 0 Å². The van der Waals surface area contributed by atoms with Crippen LogP contribution >= 0.6 is 12.2 Å². The van der Waals surface area contributed by atoms with Gasteiger partial charge in [0.1, 0.15) is 6.04 Å². The summed E-state index contributed by atoms with van der Waals surface area (Å²) in [7, 11) is 0. The maximum Gasteiger partial charge on any atom is 0.244 e. The number of amides is 1. The Labute approximate surface area is 103 Å². The van der Waals surface area contributed by atoms with E-state index in [1.807, 2.05) is 18.7 Å². The number of thiocarbonyl (C=S) groups is 1. The van der Waals surface area contributed by atoms with Crippen LogP contribution in [0.4, 0.5) is 0 Å². The zero-order chi connectivity index (χ0) is 12.0. The van der Waals surface area contributed by atoms with Crippen LogP contribution in [0.3, 0.4) is 0 Å². The minimum atomic E-state index is -0.232. The summed E-state index contributed by atoms with van der Waals surface area (Å²) in [5.41, 5.74) is 0. The van der Waals surface area contributed by atoms with Gasteiger partial charge in [-0.1, -0.05) is 0 Å². The van der Waals surface area contributed by atoms with Crippen molar-refractivity contribution >= 4 is 23.2 Å². The SMILES string of the molecule is CCNC(=S)NC(C)C(=O)N1CCCCC1. The van der Waals surface area contributed by atoms with E-state index >= 15 is 0 Å². The van der Waals surface area contributed by atoms with Crippen molar-refractivity contribution in [2.45, 2.75) is 39.2 Å². The van der Waals surface area contributed by atoms with E-state index < -0.39 is 0 Å². The normalized spacial score (nSPS) is 17.8. The van der Waals surface area contributed by atoms with Crippen LogP contribution in [0.2, 0.25) is 0 Å². The standard InChI is InChI=1S/C11H21N3OS/c1-3-12-11(16)13-9(2)10(15)14-7-5-4-6-8-14/h9H,3-8H2,1-2H3,(H2,12,13,16). The summed E-state index contributed by atoms with van der Waals surface area (Å²) in [5.74, 6) is 0.153. The lowest BCUT2D eigenvalue weighted by Gasteiger charge is -2.29. The first-order valence-corrected chi connectivity index (χ1v) is 6.39. The second-order valence-electron chi connectivity index (χ2n) is 4.11. The molecular formula is C11H21N3OS. The van der Waals surface area contributed by atoms with Crippen LogP contribution in [-0.2, 0) is 4.79 Å². The lowest BCUT2D eigenvalue weighted by Crippen LogP contribution is -2.50. The lowest BCUT2D eigenvalue weighted by molar-refractivity contribution is -0.133. The molecule has 0 spiro atoms. The van der Waals surface area contributed by atoms with E-state index in [9.17, 15) is 4.79 Å². The van der Waals surface area contributed by atoms with Gasteiger partial charge in [0.05, 0.1) is 0 Å². The summed E-state index contributed by atoms with van der Waals surface area (Å²) in [6, 6.07) is -0.232. The van der Waals surface area contributed by atoms with E-state index in [-0.39, 0.29) is 11.9 Å². The molecule has 0 aromatic heterocycles. The number of nitrogens with zero attached hydrogens (tertiary/aromatic N) is 1. The highest BCUT2D eigenvalue weighted by Crippen LogP contribution is 2.09. The summed E-state index contributed by atoms with van der Waals surface area (Å²) in [6.07, 6.45) is 3.48. The molecular weight excluding hydrogens is 222 g/mol. The number of likely N-dealkylation sites (tertiary alicyclic amines) is 1. The Bertz CT molecular complexity index is 252. The number of hydrogen-bond acceptors (Lipinski definition) is 2. The molecule has 0 aliphatic carbocycles. The van der Waals surface area contributed by atoms with Gasteiger partial charge in [-0.15, -0.1) is 0 Å². The van der Waals surface area contributed by atoms with Crippen LogP contribution in [0.15, 0.2) is 0 Å². The molecule has 1 unspecified atom stereocenters. The Morgan fingerprint density at radius 2 is 2.00 bits per heavy atom. The van der Waals surface area contributed by atoms with Gasteiger partial charge < -0.3 is 15.5 Å². The molecule has 1 rings (SSSR count). The molecule has 16 heavy (non-hydrogen) atoms. The molecule has 2 N–H and O–H groups in total. The second-order valence-corrected chi connectivity index (χ2v) is 4.52. The van der Waals surface area contributed by atoms with Gasteiger partial charge in [0, 0.05) is 19.6 Å². The van der Waals surface area contributed by atoms with E-state index in [1.54, 1.807) is 0 Å². The number of carbonyl (C=O) groups excluding carboxylic acids is 1. The Morgan fingerprint density at radius 3 is 2.56 bits per heavy atom. The first-order valence-electron chi connectivity index (χ1n) is 5.98. The van der Waals surface area contributed by atoms with E-state index in [2.05, 4.69) is 10.6 Å². The van der Waals surface area contributed by atoms with Crippen molar-refractivity contribution in [2.24, 2.45) is 0 Å². The topological polar surface area (TPSA) is 44.4 Å². The van der Waals surface area contributed by atoms with Crippen LogP contribution in [0.1, 0.15) is 33.1 Å². The fourth-order valence-electron chi connectivity index (χ4n) is 1.86. The second kappa shape index (κ2) is 6.68. The fourth-order valence-corrected chi connectivity index (χ4v) is 2.18. The summed E-state index contributed by atoms with van der Waals surface area (Å²) in [5, 5.41) is 6.55. The van der Waals surface area contributed by atoms with E-state index in [1.165, 1.54) is 6.42 Å². The van der Waals surface area contributed by atoms with Crippen molar-refractivity contribution in [3.63, 3.8) is 0 Å². The third kappa shape index (κ3) is 3.96. The average Bonchev–Trinajstić information content (AvgIpc) is 2.29. The Kier molecular flexibility index (Phi) is 5.52. The molecule has 0 radical (unpaired) electrons. The molecule has 0 bridgehead atoms. The predicted octanol–water partition coefficient (Wildman–Crippen LogP) is 0.871. The zero-order valence-electron chi connectivity index (χ0n) is 10.1. The zero-order valence-corrected chi connectivity index (χ0v) is 10.9. The highest BCUT2D eigenvalue weighted by Gasteiger charge is 2.22. The summed E-state index contributed by atoms with van der Waals surface area (Å²) in [6.45, 7) is 6.39. The predicted molar refractivity (Wildman–Crippen MR) is 69.3 cm³/mol. The van der Waals surface area contributed by atoms with Gasteiger partial charge in [-0.05, 0) is 45.3 Å². The molecule has 1 atom stereocenters. The molecule has 1 aliphatic rings. The van der Waals surface area contributed by atoms with Crippen LogP contribution in [-0.4, -0.2) is 41.6 Å². The van der Waals surface area contributed by atoms with Crippen LogP contribution in [0, 0.1) is 0 Å². The van der Waals surface area contributed by atoms with Gasteiger partial charge in [-0.25, -0.2) is 0 Å². The Hall–Kier alpha value is -0.840. The Balaban J connectivity index is 2.37. The molecule has 1 amide bonds. The van der Waals surface area contributed by atoms with Crippen molar-refractivity contribution in [3.05, 3.63) is 0 Å². The van der Waals surface area contributed by atoms with Gasteiger partial charge in [0.25, 0.3) is 0 Å². The van der Waals surface area contributed by atoms with Crippen LogP contribution < -0.4 is 10.6 Å². The molecule has 4 nitrogen and oxygen atoms in total. The van der Waals surface area contributed by atoms with E-state index in [0.29, 0.717) is 5.11 Å². The maximum absolute atomic E-state index is 12.0. The number of nitrogens with one attached hydrogen (secondary N) is 2. The largest absolute Gasteiger partial charge is 0.363 e. The fraction of sp³-hybridized carbons (Fsp3) is 0.818. The van der Waals surface area contributed by atoms with Gasteiger partial charge >= 0.3 is 0 Å². The van der Waals surface area contributed by atoms with Crippen molar-refractivity contribution in [3.8, 4) is 0 Å². The monoisotopic (exact) mass is 243 g/mol. The van der Waals surface area contributed by atoms with Crippen molar-refractivity contribution in [1.29, 1.82) is 0 Å². The quantitative estimate of drug-likeness (QED) is 0.722. The van der Waals surface area contributed by atoms with Gasteiger partial charge in [-0.2, -0.15) is 0 Å². The number of hydrogen-bond donors (Lipinski definition) is 2. The van der Waals surface area contributed by atoms with Crippen LogP contribution in [0.25, 0.3) is 0 Å². The molecule has 0 aromatic rings. The lowest BCUT2D eigenvalue weighted by atomic mass is 10.1. The summed E-state index contributed by atoms with van der Waals surface area (Å²) < 4.78 is 0. The molecule has 1 heterocycles. The third-order valence-corrected chi connectivity index (χ3v) is 2.99. The number of carbonyl (C=O) groups is 1. The number of piperidine rings is 1. The molecule has 5 heteroatoms. The first kappa shape index (κ1) is 13.2. The smallest absolute Gasteiger partial charge is 0.244 e. The molecule has 0 aromatic carbocycles. The highest BCUT2D eigenvalue weighted by atomic mass is 32.1.